The molecular weight excluding hydrogens is 376 g/mol. The lowest BCUT2D eigenvalue weighted by molar-refractivity contribution is -0.139. The first kappa shape index (κ1) is 21.6. The number of carbonyl (C=O) groups is 2. The van der Waals surface area contributed by atoms with Crippen molar-refractivity contribution in [2.45, 2.75) is 0 Å². The van der Waals surface area contributed by atoms with Crippen LogP contribution in [0.2, 0.25) is 0 Å². The number of rotatable bonds is 11. The summed E-state index contributed by atoms with van der Waals surface area (Å²) in [7, 11) is 2.95. The first-order chi connectivity index (χ1) is 14.0. The largest absolute Gasteiger partial charge is 0.493 e. The van der Waals surface area contributed by atoms with E-state index in [-0.39, 0.29) is 17.3 Å². The van der Waals surface area contributed by atoms with E-state index < -0.39 is 12.6 Å². The summed E-state index contributed by atoms with van der Waals surface area (Å²) in [5, 5.41) is 8.71. The van der Waals surface area contributed by atoms with Gasteiger partial charge in [0.1, 0.15) is 6.61 Å². The van der Waals surface area contributed by atoms with Crippen LogP contribution in [0, 0.1) is 0 Å². The summed E-state index contributed by atoms with van der Waals surface area (Å²) in [5.41, 5.74) is 1.13. The molecule has 0 aliphatic heterocycles. The summed E-state index contributed by atoms with van der Waals surface area (Å²) in [5.74, 6) is 0.289. The molecule has 29 heavy (non-hydrogen) atoms. The SMILES string of the molecule is C=CCOc1ccc(C=CC(=O)c2ccc(OCC(=O)O)c(OC)c2)cc1OC. The van der Waals surface area contributed by atoms with E-state index in [0.717, 1.165) is 5.56 Å². The van der Waals surface area contributed by atoms with Crippen LogP contribution in [-0.4, -0.2) is 44.3 Å². The van der Waals surface area contributed by atoms with Gasteiger partial charge in [-0.05, 0) is 42.0 Å². The fourth-order valence-corrected chi connectivity index (χ4v) is 2.40. The van der Waals surface area contributed by atoms with E-state index in [1.54, 1.807) is 36.4 Å². The minimum Gasteiger partial charge on any atom is -0.493 e. The third-order valence-corrected chi connectivity index (χ3v) is 3.77. The fraction of sp³-hybridized carbons (Fsp3) is 0.182. The Hall–Kier alpha value is -3.74. The molecule has 0 fully saturated rings. The molecule has 0 aromatic heterocycles. The summed E-state index contributed by atoms with van der Waals surface area (Å²) in [6.07, 6.45) is 4.72. The number of hydrogen-bond acceptors (Lipinski definition) is 6. The molecule has 0 aliphatic rings. The maximum atomic E-state index is 12.5. The van der Waals surface area contributed by atoms with Crippen LogP contribution in [0.25, 0.3) is 6.08 Å². The topological polar surface area (TPSA) is 91.3 Å². The zero-order valence-corrected chi connectivity index (χ0v) is 16.2. The number of aliphatic carboxylic acids is 1. The van der Waals surface area contributed by atoms with Crippen molar-refractivity contribution in [3.63, 3.8) is 0 Å². The van der Waals surface area contributed by atoms with Gasteiger partial charge in [-0.25, -0.2) is 4.79 Å². The normalized spacial score (nSPS) is 10.4. The molecule has 2 aromatic carbocycles. The molecule has 0 radical (unpaired) electrons. The molecule has 7 heteroatoms. The molecule has 0 spiro atoms. The Balaban J connectivity index is 2.15. The Morgan fingerprint density at radius 3 is 2.28 bits per heavy atom. The van der Waals surface area contributed by atoms with Gasteiger partial charge in [-0.1, -0.05) is 24.8 Å². The number of ether oxygens (including phenoxy) is 4. The Kier molecular flexibility index (Phi) is 7.85. The molecule has 2 rings (SSSR count). The summed E-state index contributed by atoms with van der Waals surface area (Å²) in [4.78, 5) is 23.1. The van der Waals surface area contributed by atoms with Crippen molar-refractivity contribution in [2.24, 2.45) is 0 Å². The van der Waals surface area contributed by atoms with E-state index in [1.165, 1.54) is 32.4 Å². The number of methoxy groups -OCH3 is 2. The van der Waals surface area contributed by atoms with Gasteiger partial charge in [0, 0.05) is 5.56 Å². The lowest BCUT2D eigenvalue weighted by atomic mass is 10.1. The average Bonchev–Trinajstić information content (AvgIpc) is 2.74. The van der Waals surface area contributed by atoms with E-state index in [0.29, 0.717) is 23.7 Å². The van der Waals surface area contributed by atoms with Crippen molar-refractivity contribution in [2.75, 3.05) is 27.4 Å². The molecule has 7 nitrogen and oxygen atoms in total. The molecule has 152 valence electrons. The van der Waals surface area contributed by atoms with Crippen molar-refractivity contribution in [3.8, 4) is 23.0 Å². The number of benzene rings is 2. The molecule has 0 atom stereocenters. The molecule has 0 saturated heterocycles. The molecule has 0 bridgehead atoms. The first-order valence-corrected chi connectivity index (χ1v) is 8.65. The van der Waals surface area contributed by atoms with E-state index in [9.17, 15) is 9.59 Å². The first-order valence-electron chi connectivity index (χ1n) is 8.65. The Bertz CT molecular complexity index is 915. The van der Waals surface area contributed by atoms with Gasteiger partial charge < -0.3 is 24.1 Å². The van der Waals surface area contributed by atoms with Crippen LogP contribution in [0.4, 0.5) is 0 Å². The van der Waals surface area contributed by atoms with Gasteiger partial charge in [0.15, 0.2) is 35.4 Å². The molecule has 0 aliphatic carbocycles. The minimum atomic E-state index is -1.11. The van der Waals surface area contributed by atoms with Crippen molar-refractivity contribution in [1.29, 1.82) is 0 Å². The van der Waals surface area contributed by atoms with E-state index in [4.69, 9.17) is 24.1 Å². The van der Waals surface area contributed by atoms with Gasteiger partial charge in [0.25, 0.3) is 0 Å². The van der Waals surface area contributed by atoms with E-state index in [2.05, 4.69) is 6.58 Å². The second kappa shape index (κ2) is 10.6. The highest BCUT2D eigenvalue weighted by atomic mass is 16.5. The van der Waals surface area contributed by atoms with Gasteiger partial charge in [0.2, 0.25) is 0 Å². The predicted molar refractivity (Wildman–Crippen MR) is 108 cm³/mol. The molecule has 0 saturated carbocycles. The number of carbonyl (C=O) groups excluding carboxylic acids is 1. The summed E-state index contributed by atoms with van der Waals surface area (Å²) < 4.78 is 21.1. The number of allylic oxidation sites excluding steroid dienone is 1. The number of hydrogen-bond donors (Lipinski definition) is 1. The lowest BCUT2D eigenvalue weighted by Gasteiger charge is -2.10. The highest BCUT2D eigenvalue weighted by Crippen LogP contribution is 2.30. The monoisotopic (exact) mass is 398 g/mol. The highest BCUT2D eigenvalue weighted by molar-refractivity contribution is 6.07. The molecule has 0 amide bonds. The molecule has 0 heterocycles. The van der Waals surface area contributed by atoms with Gasteiger partial charge in [-0.15, -0.1) is 0 Å². The van der Waals surface area contributed by atoms with Gasteiger partial charge in [-0.2, -0.15) is 0 Å². The Morgan fingerprint density at radius 1 is 0.966 bits per heavy atom. The third kappa shape index (κ3) is 6.14. The standard InChI is InChI=1S/C22H22O7/c1-4-11-28-18-9-6-15(12-20(18)26-2)5-8-17(23)16-7-10-19(21(13-16)27-3)29-14-22(24)25/h4-10,12-13H,1,11,14H2,2-3H3,(H,24,25). The summed E-state index contributed by atoms with van der Waals surface area (Å²) >= 11 is 0. The zero-order valence-electron chi connectivity index (χ0n) is 16.2. The van der Waals surface area contributed by atoms with E-state index >= 15 is 0 Å². The smallest absolute Gasteiger partial charge is 0.341 e. The van der Waals surface area contributed by atoms with Crippen molar-refractivity contribution >= 4 is 17.8 Å². The van der Waals surface area contributed by atoms with Crippen LogP contribution in [0.5, 0.6) is 23.0 Å². The van der Waals surface area contributed by atoms with Gasteiger partial charge >= 0.3 is 5.97 Å². The Labute approximate surface area is 168 Å². The number of carboxylic acid groups (broad SMARTS) is 1. The van der Waals surface area contributed by atoms with Crippen molar-refractivity contribution < 1.29 is 33.6 Å². The molecule has 1 N–H and O–H groups in total. The summed E-state index contributed by atoms with van der Waals surface area (Å²) in [6.45, 7) is 3.46. The Morgan fingerprint density at radius 2 is 1.62 bits per heavy atom. The quantitative estimate of drug-likeness (QED) is 0.351. The number of carboxylic acids is 1. The molecule has 0 unspecified atom stereocenters. The summed E-state index contributed by atoms with van der Waals surface area (Å²) in [6, 6.07) is 9.84. The van der Waals surface area contributed by atoms with Crippen LogP contribution >= 0.6 is 0 Å². The van der Waals surface area contributed by atoms with Crippen LogP contribution in [-0.2, 0) is 4.79 Å². The predicted octanol–water partition coefficient (Wildman–Crippen LogP) is 3.63. The van der Waals surface area contributed by atoms with Crippen LogP contribution in [0.1, 0.15) is 15.9 Å². The van der Waals surface area contributed by atoms with E-state index in [1.807, 2.05) is 0 Å². The zero-order chi connectivity index (χ0) is 21.2. The van der Waals surface area contributed by atoms with Crippen molar-refractivity contribution in [1.82, 2.24) is 0 Å². The second-order valence-electron chi connectivity index (χ2n) is 5.76. The van der Waals surface area contributed by atoms with Gasteiger partial charge in [-0.3, -0.25) is 4.79 Å². The average molecular weight is 398 g/mol. The minimum absolute atomic E-state index is 0.246. The fourth-order valence-electron chi connectivity index (χ4n) is 2.40. The highest BCUT2D eigenvalue weighted by Gasteiger charge is 2.11. The van der Waals surface area contributed by atoms with Crippen LogP contribution < -0.4 is 18.9 Å². The molecule has 2 aromatic rings. The maximum Gasteiger partial charge on any atom is 0.341 e. The van der Waals surface area contributed by atoms with Crippen molar-refractivity contribution in [3.05, 3.63) is 66.3 Å². The van der Waals surface area contributed by atoms with Crippen LogP contribution in [0.15, 0.2) is 55.1 Å². The van der Waals surface area contributed by atoms with Crippen LogP contribution in [0.3, 0.4) is 0 Å². The second-order valence-corrected chi connectivity index (χ2v) is 5.76. The maximum absolute atomic E-state index is 12.5. The molecular formula is C22H22O7. The lowest BCUT2D eigenvalue weighted by Crippen LogP contribution is -2.10. The van der Waals surface area contributed by atoms with Gasteiger partial charge in [0.05, 0.1) is 14.2 Å². The third-order valence-electron chi connectivity index (χ3n) is 3.77. The number of ketones is 1.